The Labute approximate surface area is 165 Å². The quantitative estimate of drug-likeness (QED) is 0.800. The van der Waals surface area contributed by atoms with Crippen LogP contribution in [-0.2, 0) is 28.8 Å². The molecule has 2 aromatic rings. The molecule has 0 heterocycles. The van der Waals surface area contributed by atoms with Crippen molar-refractivity contribution in [1.82, 2.24) is 5.32 Å². The van der Waals surface area contributed by atoms with Crippen LogP contribution >= 0.6 is 0 Å². The standard InChI is InChI=1S/C23H26FNO3/c1-14(2)10-20-15(3)6-5-7-19(20)21(26)25-23(22(27)28-4)12-16-8-9-18(24)11-17(16)13-23/h5-9,11,14H,10,12-13H2,1-4H3,(H,25,26)/t23-/m1/s1. The van der Waals surface area contributed by atoms with E-state index < -0.39 is 11.5 Å². The second-order valence-electron chi connectivity index (χ2n) is 7.99. The van der Waals surface area contributed by atoms with E-state index in [0.29, 0.717) is 11.5 Å². The molecule has 1 N–H and O–H groups in total. The fourth-order valence-corrected chi connectivity index (χ4v) is 4.00. The van der Waals surface area contributed by atoms with Crippen LogP contribution in [0.2, 0.25) is 0 Å². The maximum absolute atomic E-state index is 13.6. The third-order valence-electron chi connectivity index (χ3n) is 5.35. The number of aryl methyl sites for hydroxylation is 1. The summed E-state index contributed by atoms with van der Waals surface area (Å²) >= 11 is 0. The maximum atomic E-state index is 13.6. The molecule has 0 spiro atoms. The molecule has 28 heavy (non-hydrogen) atoms. The molecule has 0 bridgehead atoms. The molecule has 2 aromatic carbocycles. The van der Waals surface area contributed by atoms with Crippen molar-refractivity contribution in [3.63, 3.8) is 0 Å². The number of benzene rings is 2. The molecule has 1 amide bonds. The van der Waals surface area contributed by atoms with E-state index in [1.807, 2.05) is 19.1 Å². The van der Waals surface area contributed by atoms with Crippen LogP contribution in [0.3, 0.4) is 0 Å². The molecular formula is C23H26FNO3. The summed E-state index contributed by atoms with van der Waals surface area (Å²) in [5.41, 5.74) is 2.94. The lowest BCUT2D eigenvalue weighted by Crippen LogP contribution is -2.56. The minimum absolute atomic E-state index is 0.212. The summed E-state index contributed by atoms with van der Waals surface area (Å²) in [6.07, 6.45) is 1.27. The number of hydrogen-bond acceptors (Lipinski definition) is 3. The van der Waals surface area contributed by atoms with E-state index in [4.69, 9.17) is 4.74 Å². The second kappa shape index (κ2) is 7.74. The lowest BCUT2D eigenvalue weighted by Gasteiger charge is -2.28. The first kappa shape index (κ1) is 20.1. The van der Waals surface area contributed by atoms with Crippen LogP contribution in [0.25, 0.3) is 0 Å². The fraction of sp³-hybridized carbons (Fsp3) is 0.391. The zero-order valence-corrected chi connectivity index (χ0v) is 16.8. The van der Waals surface area contributed by atoms with Crippen molar-refractivity contribution in [3.05, 3.63) is 70.0 Å². The third kappa shape index (κ3) is 3.79. The predicted octanol–water partition coefficient (Wildman–Crippen LogP) is 3.77. The Hall–Kier alpha value is -2.69. The lowest BCUT2D eigenvalue weighted by molar-refractivity contribution is -0.147. The van der Waals surface area contributed by atoms with Gasteiger partial charge in [0, 0.05) is 18.4 Å². The molecule has 5 heteroatoms. The van der Waals surface area contributed by atoms with E-state index >= 15 is 0 Å². The van der Waals surface area contributed by atoms with Crippen molar-refractivity contribution in [3.8, 4) is 0 Å². The molecule has 3 rings (SSSR count). The average Bonchev–Trinajstić information content (AvgIpc) is 3.00. The number of carbonyl (C=O) groups excluding carboxylic acids is 2. The number of hydrogen-bond donors (Lipinski definition) is 1. The molecule has 4 nitrogen and oxygen atoms in total. The van der Waals surface area contributed by atoms with E-state index in [1.165, 1.54) is 19.2 Å². The van der Waals surface area contributed by atoms with Crippen LogP contribution in [0.5, 0.6) is 0 Å². The van der Waals surface area contributed by atoms with Gasteiger partial charge < -0.3 is 10.1 Å². The fourth-order valence-electron chi connectivity index (χ4n) is 4.00. The Morgan fingerprint density at radius 1 is 1.18 bits per heavy atom. The average molecular weight is 383 g/mol. The SMILES string of the molecule is COC(=O)[C@@]1(NC(=O)c2cccc(C)c2CC(C)C)Cc2ccc(F)cc2C1. The summed E-state index contributed by atoms with van der Waals surface area (Å²) in [4.78, 5) is 25.9. The number of carbonyl (C=O) groups is 2. The summed E-state index contributed by atoms with van der Waals surface area (Å²) in [7, 11) is 1.30. The first-order valence-corrected chi connectivity index (χ1v) is 9.52. The van der Waals surface area contributed by atoms with Gasteiger partial charge in [0.05, 0.1) is 7.11 Å². The van der Waals surface area contributed by atoms with Crippen LogP contribution in [0, 0.1) is 18.7 Å². The highest BCUT2D eigenvalue weighted by Gasteiger charge is 2.46. The Bertz CT molecular complexity index is 922. The number of ether oxygens (including phenoxy) is 1. The first-order valence-electron chi connectivity index (χ1n) is 9.52. The largest absolute Gasteiger partial charge is 0.467 e. The number of nitrogens with one attached hydrogen (secondary N) is 1. The molecular weight excluding hydrogens is 357 g/mol. The monoisotopic (exact) mass is 383 g/mol. The van der Waals surface area contributed by atoms with E-state index in [1.54, 1.807) is 12.1 Å². The summed E-state index contributed by atoms with van der Waals surface area (Å²) in [6.45, 7) is 6.19. The molecule has 1 atom stereocenters. The third-order valence-corrected chi connectivity index (χ3v) is 5.35. The Balaban J connectivity index is 1.95. The van der Waals surface area contributed by atoms with Gasteiger partial charge in [-0.25, -0.2) is 9.18 Å². The van der Waals surface area contributed by atoms with Gasteiger partial charge in [0.25, 0.3) is 5.91 Å². The van der Waals surface area contributed by atoms with Gasteiger partial charge in [-0.3, -0.25) is 4.79 Å². The predicted molar refractivity (Wildman–Crippen MR) is 106 cm³/mol. The van der Waals surface area contributed by atoms with Gasteiger partial charge >= 0.3 is 5.97 Å². The van der Waals surface area contributed by atoms with Gasteiger partial charge in [0.1, 0.15) is 11.4 Å². The molecule has 148 valence electrons. The highest BCUT2D eigenvalue weighted by molar-refractivity contribution is 6.00. The van der Waals surface area contributed by atoms with Gasteiger partial charge in [-0.05, 0) is 59.7 Å². The zero-order chi connectivity index (χ0) is 20.5. The van der Waals surface area contributed by atoms with E-state index in [0.717, 1.165) is 28.7 Å². The van der Waals surface area contributed by atoms with Crippen molar-refractivity contribution < 1.29 is 18.7 Å². The van der Waals surface area contributed by atoms with Gasteiger partial charge in [-0.15, -0.1) is 0 Å². The molecule has 0 unspecified atom stereocenters. The zero-order valence-electron chi connectivity index (χ0n) is 16.8. The Morgan fingerprint density at radius 3 is 2.57 bits per heavy atom. The number of methoxy groups -OCH3 is 1. The number of amides is 1. The molecule has 0 fully saturated rings. The number of esters is 1. The normalized spacial score (nSPS) is 18.1. The maximum Gasteiger partial charge on any atom is 0.332 e. The Kier molecular flexibility index (Phi) is 5.54. The van der Waals surface area contributed by atoms with Crippen LogP contribution in [0.15, 0.2) is 36.4 Å². The van der Waals surface area contributed by atoms with Gasteiger partial charge in [0.2, 0.25) is 0 Å². The van der Waals surface area contributed by atoms with Crippen molar-refractivity contribution >= 4 is 11.9 Å². The van der Waals surface area contributed by atoms with Gasteiger partial charge in [-0.2, -0.15) is 0 Å². The van der Waals surface area contributed by atoms with Crippen molar-refractivity contribution in [2.75, 3.05) is 7.11 Å². The summed E-state index contributed by atoms with van der Waals surface area (Å²) in [5, 5.41) is 2.93. The van der Waals surface area contributed by atoms with Gasteiger partial charge in [0.15, 0.2) is 0 Å². The smallest absolute Gasteiger partial charge is 0.332 e. The van der Waals surface area contributed by atoms with Crippen LogP contribution < -0.4 is 5.32 Å². The molecule has 0 radical (unpaired) electrons. The van der Waals surface area contributed by atoms with Crippen molar-refractivity contribution in [2.24, 2.45) is 5.92 Å². The molecule has 0 saturated heterocycles. The topological polar surface area (TPSA) is 55.4 Å². The summed E-state index contributed by atoms with van der Waals surface area (Å²) in [6, 6.07) is 10.1. The highest BCUT2D eigenvalue weighted by atomic mass is 19.1. The van der Waals surface area contributed by atoms with Crippen molar-refractivity contribution in [1.29, 1.82) is 0 Å². The van der Waals surface area contributed by atoms with Crippen LogP contribution in [-0.4, -0.2) is 24.5 Å². The van der Waals surface area contributed by atoms with Gasteiger partial charge in [-0.1, -0.05) is 32.0 Å². The summed E-state index contributed by atoms with van der Waals surface area (Å²) < 4.78 is 18.6. The van der Waals surface area contributed by atoms with Crippen LogP contribution in [0.1, 0.15) is 46.5 Å². The minimum Gasteiger partial charge on any atom is -0.467 e. The Morgan fingerprint density at radius 2 is 1.89 bits per heavy atom. The number of halogens is 1. The minimum atomic E-state index is -1.22. The van der Waals surface area contributed by atoms with Crippen LogP contribution in [0.4, 0.5) is 4.39 Å². The highest BCUT2D eigenvalue weighted by Crippen LogP contribution is 2.32. The molecule has 0 aromatic heterocycles. The molecule has 1 aliphatic rings. The number of rotatable bonds is 5. The molecule has 0 saturated carbocycles. The van der Waals surface area contributed by atoms with E-state index in [9.17, 15) is 14.0 Å². The lowest BCUT2D eigenvalue weighted by atomic mass is 9.91. The second-order valence-corrected chi connectivity index (χ2v) is 7.99. The molecule has 1 aliphatic carbocycles. The molecule has 0 aliphatic heterocycles. The van der Waals surface area contributed by atoms with Crippen molar-refractivity contribution in [2.45, 2.75) is 45.6 Å². The first-order chi connectivity index (χ1) is 13.3. The van der Waals surface area contributed by atoms with E-state index in [-0.39, 0.29) is 24.6 Å². The number of fused-ring (bicyclic) bond motifs is 1. The van der Waals surface area contributed by atoms with E-state index in [2.05, 4.69) is 19.2 Å². The summed E-state index contributed by atoms with van der Waals surface area (Å²) in [5.74, 6) is -0.793.